The molecule has 1 amide bonds. The predicted octanol–water partition coefficient (Wildman–Crippen LogP) is 4.41. The van der Waals surface area contributed by atoms with Crippen LogP contribution in [0.5, 0.6) is 0 Å². The molecule has 5 N–H and O–H groups in total. The average molecular weight is 640 g/mol. The van der Waals surface area contributed by atoms with Crippen molar-refractivity contribution < 1.29 is 13.9 Å². The van der Waals surface area contributed by atoms with E-state index < -0.39 is 11.9 Å². The van der Waals surface area contributed by atoms with Crippen molar-refractivity contribution in [1.82, 2.24) is 24.8 Å². The fraction of sp³-hybridized carbons (Fsp3) is 0.457. The molecule has 0 bridgehead atoms. The van der Waals surface area contributed by atoms with E-state index in [0.717, 1.165) is 71.0 Å². The van der Waals surface area contributed by atoms with Crippen molar-refractivity contribution in [2.75, 3.05) is 75.1 Å². The highest BCUT2D eigenvalue weighted by atomic mass is 19.1. The Morgan fingerprint density at radius 3 is 2.43 bits per heavy atom. The molecule has 2 aromatic heterocycles. The quantitative estimate of drug-likeness (QED) is 0.222. The van der Waals surface area contributed by atoms with E-state index in [1.165, 1.54) is 24.6 Å². The third-order valence-electron chi connectivity index (χ3n) is 10.5. The number of fused-ring (bicyclic) bond motifs is 1. The summed E-state index contributed by atoms with van der Waals surface area (Å²) in [6, 6.07) is 16.0. The summed E-state index contributed by atoms with van der Waals surface area (Å²) in [7, 11) is 2.20. The van der Waals surface area contributed by atoms with E-state index in [0.29, 0.717) is 34.0 Å². The number of aromatic nitrogens is 3. The van der Waals surface area contributed by atoms with Crippen LogP contribution in [0.15, 0.2) is 48.5 Å². The Bertz CT molecular complexity index is 1770. The third-order valence-corrected chi connectivity index (χ3v) is 10.5. The molecular formula is C35H42FN9O2. The number of likely N-dealkylation sites (N-methyl/N-ethyl adjacent to an activating group) is 1. The highest BCUT2D eigenvalue weighted by Gasteiger charge is 2.50. The van der Waals surface area contributed by atoms with Crippen molar-refractivity contribution in [3.8, 4) is 11.3 Å². The van der Waals surface area contributed by atoms with Crippen molar-refractivity contribution in [1.29, 1.82) is 0 Å². The molecule has 4 aliphatic rings. The first kappa shape index (κ1) is 30.1. The lowest BCUT2D eigenvalue weighted by Crippen LogP contribution is -2.56. The molecule has 3 saturated heterocycles. The molecule has 1 spiro atoms. The van der Waals surface area contributed by atoms with Crippen LogP contribution in [-0.2, 0) is 4.74 Å². The molecule has 4 aromatic rings. The highest BCUT2D eigenvalue weighted by molar-refractivity contribution is 6.01. The number of anilines is 4. The second-order valence-corrected chi connectivity index (χ2v) is 13.8. The molecule has 11 nitrogen and oxygen atoms in total. The predicted molar refractivity (Wildman–Crippen MR) is 182 cm³/mol. The van der Waals surface area contributed by atoms with Crippen LogP contribution >= 0.6 is 0 Å². The summed E-state index contributed by atoms with van der Waals surface area (Å²) in [6.07, 6.45) is 4.26. The molecule has 47 heavy (non-hydrogen) atoms. The summed E-state index contributed by atoms with van der Waals surface area (Å²) in [6.45, 7) is 8.24. The van der Waals surface area contributed by atoms with Gasteiger partial charge in [-0.15, -0.1) is 0 Å². The summed E-state index contributed by atoms with van der Waals surface area (Å²) < 4.78 is 19.7. The number of piperazine rings is 1. The van der Waals surface area contributed by atoms with E-state index in [1.54, 1.807) is 6.07 Å². The number of amides is 1. The molecular weight excluding hydrogens is 597 g/mol. The van der Waals surface area contributed by atoms with Gasteiger partial charge in [0.1, 0.15) is 5.69 Å². The summed E-state index contributed by atoms with van der Waals surface area (Å²) in [5.74, 6) is -0.351. The largest absolute Gasteiger partial charge is 0.380 e. The highest BCUT2D eigenvalue weighted by Crippen LogP contribution is 2.48. The number of benzene rings is 2. The zero-order valence-corrected chi connectivity index (χ0v) is 26.8. The van der Waals surface area contributed by atoms with E-state index in [9.17, 15) is 9.18 Å². The number of hydrogen-bond acceptors (Lipinski definition) is 9. The smallest absolute Gasteiger partial charge is 0.271 e. The zero-order chi connectivity index (χ0) is 32.1. The van der Waals surface area contributed by atoms with Gasteiger partial charge in [0.05, 0.1) is 13.2 Å². The van der Waals surface area contributed by atoms with Crippen LogP contribution in [0.25, 0.3) is 22.2 Å². The van der Waals surface area contributed by atoms with Crippen molar-refractivity contribution in [3.63, 3.8) is 0 Å². The number of hydrogen-bond donors (Lipinski definition) is 4. The minimum absolute atomic E-state index is 0.0195. The van der Waals surface area contributed by atoms with Crippen LogP contribution in [0.2, 0.25) is 0 Å². The number of piperidine rings is 1. The number of halogens is 1. The van der Waals surface area contributed by atoms with Gasteiger partial charge in [0.2, 0.25) is 0 Å². The van der Waals surface area contributed by atoms with Gasteiger partial charge < -0.3 is 35.9 Å². The molecule has 2 aromatic carbocycles. The number of carbonyl (C=O) groups is 1. The molecule has 5 heterocycles. The molecule has 246 valence electrons. The minimum Gasteiger partial charge on any atom is -0.380 e. The zero-order valence-electron chi connectivity index (χ0n) is 26.8. The number of ether oxygens (including phenoxy) is 1. The Morgan fingerprint density at radius 2 is 1.74 bits per heavy atom. The van der Waals surface area contributed by atoms with Gasteiger partial charge in [0.15, 0.2) is 23.3 Å². The molecule has 12 heteroatoms. The topological polar surface area (TPSA) is 128 Å². The Morgan fingerprint density at radius 1 is 1.00 bits per heavy atom. The van der Waals surface area contributed by atoms with Crippen LogP contribution in [0.3, 0.4) is 0 Å². The van der Waals surface area contributed by atoms with E-state index in [1.807, 2.05) is 24.3 Å². The summed E-state index contributed by atoms with van der Waals surface area (Å²) in [5.41, 5.74) is 9.84. The van der Waals surface area contributed by atoms with Gasteiger partial charge in [-0.25, -0.2) is 9.97 Å². The normalized spacial score (nSPS) is 20.7. The number of aromatic amines is 1. The Labute approximate surface area is 273 Å². The van der Waals surface area contributed by atoms with E-state index in [-0.39, 0.29) is 23.0 Å². The third kappa shape index (κ3) is 5.90. The van der Waals surface area contributed by atoms with E-state index in [4.69, 9.17) is 20.4 Å². The fourth-order valence-corrected chi connectivity index (χ4v) is 7.79. The maximum Gasteiger partial charge on any atom is 0.271 e. The molecule has 3 aliphatic heterocycles. The molecule has 0 unspecified atom stereocenters. The number of primary amides is 1. The molecule has 4 fully saturated rings. The van der Waals surface area contributed by atoms with Crippen molar-refractivity contribution in [2.24, 2.45) is 11.1 Å². The second kappa shape index (κ2) is 12.1. The maximum atomic E-state index is 14.3. The SMILES string of the molecule is CN1CCN(C2CCN(c3ccc(Nc4nc(NC5CC6(COC6)C5)c(-c5cccc6[nH]c(F)cc56)nc4C(N)=O)cc3)CC2)CC1. The van der Waals surface area contributed by atoms with E-state index >= 15 is 0 Å². The molecule has 0 radical (unpaired) electrons. The Hall–Kier alpha value is -4.26. The molecule has 0 atom stereocenters. The standard InChI is InChI=1S/C35H42FN9O2/c1-43-13-15-45(16-14-43)25-9-11-44(12-10-25)24-7-5-22(6-8-24)38-34-31(32(37)46)41-30(26-3-2-4-28-27(26)17-29(36)40-28)33(42-34)39-23-18-35(19-23)20-47-21-35/h2-8,17,23,25,40H,9-16,18-21H2,1H3,(H2,37,46)(H2,38,39,42). The van der Waals surface area contributed by atoms with E-state index in [2.05, 4.69) is 49.5 Å². The number of H-pyrrole nitrogens is 1. The van der Waals surface area contributed by atoms with Crippen LogP contribution in [0.1, 0.15) is 36.2 Å². The average Bonchev–Trinajstić information content (AvgIpc) is 3.43. The maximum absolute atomic E-state index is 14.3. The van der Waals surface area contributed by atoms with Gasteiger partial charge in [-0.05, 0) is 63.1 Å². The van der Waals surface area contributed by atoms with Crippen molar-refractivity contribution >= 4 is 39.8 Å². The summed E-state index contributed by atoms with van der Waals surface area (Å²) >= 11 is 0. The van der Waals surface area contributed by atoms with Crippen LogP contribution in [0.4, 0.5) is 27.4 Å². The Balaban J connectivity index is 1.04. The molecule has 1 aliphatic carbocycles. The lowest BCUT2D eigenvalue weighted by atomic mass is 9.64. The van der Waals surface area contributed by atoms with Gasteiger partial charge >= 0.3 is 0 Å². The monoisotopic (exact) mass is 639 g/mol. The number of nitrogens with two attached hydrogens (primary N) is 1. The lowest BCUT2D eigenvalue weighted by Gasteiger charge is -2.53. The number of nitrogens with zero attached hydrogens (tertiary/aromatic N) is 5. The van der Waals surface area contributed by atoms with Crippen LogP contribution < -0.4 is 21.3 Å². The second-order valence-electron chi connectivity index (χ2n) is 13.8. The van der Waals surface area contributed by atoms with Gasteiger partial charge in [-0.2, -0.15) is 4.39 Å². The molecule has 8 rings (SSSR count). The first-order valence-electron chi connectivity index (χ1n) is 16.7. The minimum atomic E-state index is -0.700. The fourth-order valence-electron chi connectivity index (χ4n) is 7.79. The molecule has 1 saturated carbocycles. The van der Waals surface area contributed by atoms with Gasteiger partial charge in [-0.3, -0.25) is 9.69 Å². The van der Waals surface area contributed by atoms with Crippen LogP contribution in [0, 0.1) is 11.4 Å². The van der Waals surface area contributed by atoms with Gasteiger partial charge in [0, 0.05) is 90.7 Å². The lowest BCUT2D eigenvalue weighted by molar-refractivity contribution is -0.159. The van der Waals surface area contributed by atoms with Crippen LogP contribution in [-0.4, -0.2) is 102 Å². The number of rotatable bonds is 8. The first-order chi connectivity index (χ1) is 22.8. The first-order valence-corrected chi connectivity index (χ1v) is 16.7. The van der Waals surface area contributed by atoms with Gasteiger partial charge in [-0.1, -0.05) is 12.1 Å². The summed E-state index contributed by atoms with van der Waals surface area (Å²) in [5, 5.41) is 7.54. The summed E-state index contributed by atoms with van der Waals surface area (Å²) in [4.78, 5) is 32.8. The Kier molecular flexibility index (Phi) is 7.73. The van der Waals surface area contributed by atoms with Crippen molar-refractivity contribution in [3.05, 3.63) is 60.2 Å². The van der Waals surface area contributed by atoms with Crippen molar-refractivity contribution in [2.45, 2.75) is 37.8 Å². The number of carbonyl (C=O) groups excluding carboxylic acids is 1. The number of nitrogens with one attached hydrogen (secondary N) is 3. The van der Waals surface area contributed by atoms with Gasteiger partial charge in [0.25, 0.3) is 5.91 Å².